The second-order valence-corrected chi connectivity index (χ2v) is 4.72. The lowest BCUT2D eigenvalue weighted by Gasteiger charge is -2.25. The van der Waals surface area contributed by atoms with Crippen molar-refractivity contribution in [1.82, 2.24) is 14.8 Å². The zero-order chi connectivity index (χ0) is 12.8. The number of hydrogen-bond acceptors (Lipinski definition) is 3. The molecule has 0 aliphatic carbocycles. The summed E-state index contributed by atoms with van der Waals surface area (Å²) in [5.74, 6) is 0. The van der Waals surface area contributed by atoms with Crippen LogP contribution in [0, 0.1) is 0 Å². The van der Waals surface area contributed by atoms with E-state index in [9.17, 15) is 0 Å². The molecule has 3 heterocycles. The number of hydrogen-bond donors (Lipinski definition) is 1. The molecule has 1 aliphatic heterocycles. The number of fused-ring (bicyclic) bond motifs is 2. The molecular formula is C14H13N5. The second kappa shape index (κ2) is 3.71. The van der Waals surface area contributed by atoms with Crippen molar-refractivity contribution in [3.05, 3.63) is 42.4 Å². The molecule has 0 saturated heterocycles. The molecule has 4 rings (SSSR count). The number of anilines is 2. The number of aromatic nitrogens is 3. The number of nitrogens with one attached hydrogen (secondary N) is 1. The van der Waals surface area contributed by atoms with Gasteiger partial charge in [0.2, 0.25) is 0 Å². The Morgan fingerprint density at radius 1 is 1.26 bits per heavy atom. The molecule has 0 amide bonds. The van der Waals surface area contributed by atoms with Gasteiger partial charge >= 0.3 is 0 Å². The molecule has 5 nitrogen and oxygen atoms in total. The maximum absolute atomic E-state index is 4.43. The van der Waals surface area contributed by atoms with Crippen LogP contribution < -0.4 is 4.90 Å². The largest absolute Gasteiger partial charge is 0.348 e. The fourth-order valence-corrected chi connectivity index (χ4v) is 2.52. The Bertz CT molecular complexity index is 780. The van der Waals surface area contributed by atoms with Crippen LogP contribution >= 0.6 is 0 Å². The van der Waals surface area contributed by atoms with Crippen LogP contribution in [0.3, 0.4) is 0 Å². The van der Waals surface area contributed by atoms with Crippen LogP contribution in [0.2, 0.25) is 0 Å². The van der Waals surface area contributed by atoms with E-state index in [2.05, 4.69) is 55.1 Å². The van der Waals surface area contributed by atoms with Crippen molar-refractivity contribution in [3.8, 4) is 0 Å². The predicted octanol–water partition coefficient (Wildman–Crippen LogP) is 2.43. The van der Waals surface area contributed by atoms with Gasteiger partial charge < -0.3 is 9.47 Å². The Morgan fingerprint density at radius 3 is 3.16 bits per heavy atom. The third kappa shape index (κ3) is 1.48. The molecule has 1 aliphatic rings. The zero-order valence-corrected chi connectivity index (χ0v) is 10.5. The number of H-pyrrole nitrogens is 1. The van der Waals surface area contributed by atoms with Gasteiger partial charge in [-0.2, -0.15) is 5.10 Å². The molecule has 19 heavy (non-hydrogen) atoms. The summed E-state index contributed by atoms with van der Waals surface area (Å²) in [4.78, 5) is 6.64. The third-order valence-electron chi connectivity index (χ3n) is 3.56. The first-order valence-electron chi connectivity index (χ1n) is 6.19. The number of rotatable bonds is 1. The first-order valence-corrected chi connectivity index (χ1v) is 6.19. The third-order valence-corrected chi connectivity index (χ3v) is 3.56. The van der Waals surface area contributed by atoms with Gasteiger partial charge in [-0.05, 0) is 24.3 Å². The van der Waals surface area contributed by atoms with Gasteiger partial charge in [0.15, 0.2) is 0 Å². The highest BCUT2D eigenvalue weighted by Gasteiger charge is 2.18. The molecule has 0 saturated carbocycles. The summed E-state index contributed by atoms with van der Waals surface area (Å²) in [5, 5.41) is 8.14. The van der Waals surface area contributed by atoms with Crippen molar-refractivity contribution < 1.29 is 0 Å². The van der Waals surface area contributed by atoms with Gasteiger partial charge in [-0.3, -0.25) is 10.1 Å². The number of aromatic amines is 1. The maximum atomic E-state index is 4.43. The molecule has 94 valence electrons. The minimum atomic E-state index is 0.653. The average Bonchev–Trinajstić information content (AvgIpc) is 3.05. The molecule has 5 heteroatoms. The van der Waals surface area contributed by atoms with Gasteiger partial charge in [-0.25, -0.2) is 0 Å². The van der Waals surface area contributed by atoms with Crippen molar-refractivity contribution in [2.24, 2.45) is 12.0 Å². The Kier molecular flexibility index (Phi) is 2.03. The van der Waals surface area contributed by atoms with Crippen LogP contribution in [0.1, 0.15) is 5.69 Å². The summed E-state index contributed by atoms with van der Waals surface area (Å²) >= 11 is 0. The van der Waals surface area contributed by atoms with Crippen LogP contribution in [0.4, 0.5) is 11.4 Å². The standard InChI is InChI=1S/C14H13N5/c1-18-5-4-13-14(18)8-15-9-19(13)11-2-3-12-10(6-11)7-16-17-12/h2-8H,9H2,1H3,(H,16,17). The molecule has 2 aromatic heterocycles. The van der Waals surface area contributed by atoms with Crippen LogP contribution in [0.15, 0.2) is 41.7 Å². The van der Waals surface area contributed by atoms with Gasteiger partial charge in [-0.15, -0.1) is 0 Å². The molecule has 3 aromatic rings. The van der Waals surface area contributed by atoms with Crippen molar-refractivity contribution in [1.29, 1.82) is 0 Å². The van der Waals surface area contributed by atoms with E-state index in [4.69, 9.17) is 0 Å². The first-order chi connectivity index (χ1) is 9.33. The first kappa shape index (κ1) is 10.4. The monoisotopic (exact) mass is 251 g/mol. The average molecular weight is 251 g/mol. The fourth-order valence-electron chi connectivity index (χ4n) is 2.52. The minimum absolute atomic E-state index is 0.653. The van der Waals surface area contributed by atoms with E-state index in [1.54, 1.807) is 0 Å². The molecule has 0 bridgehead atoms. The van der Waals surface area contributed by atoms with E-state index in [0.29, 0.717) is 6.67 Å². The highest BCUT2D eigenvalue weighted by Crippen LogP contribution is 2.32. The molecule has 0 unspecified atom stereocenters. The van der Waals surface area contributed by atoms with E-state index >= 15 is 0 Å². The maximum Gasteiger partial charge on any atom is 0.115 e. The van der Waals surface area contributed by atoms with Crippen LogP contribution in [0.25, 0.3) is 10.9 Å². The summed E-state index contributed by atoms with van der Waals surface area (Å²) in [7, 11) is 2.04. The van der Waals surface area contributed by atoms with E-state index in [1.807, 2.05) is 19.5 Å². The Balaban J connectivity index is 1.85. The van der Waals surface area contributed by atoms with Gasteiger partial charge in [0.25, 0.3) is 0 Å². The minimum Gasteiger partial charge on any atom is -0.348 e. The van der Waals surface area contributed by atoms with E-state index < -0.39 is 0 Å². The fraction of sp³-hybridized carbons (Fsp3) is 0.143. The molecule has 0 atom stereocenters. The van der Waals surface area contributed by atoms with Crippen LogP contribution in [0.5, 0.6) is 0 Å². The number of aliphatic imine (C=N–C) groups is 1. The molecule has 0 spiro atoms. The predicted molar refractivity (Wildman–Crippen MR) is 76.1 cm³/mol. The van der Waals surface area contributed by atoms with Gasteiger partial charge in [0.1, 0.15) is 6.67 Å². The Morgan fingerprint density at radius 2 is 2.21 bits per heavy atom. The summed E-state index contributed by atoms with van der Waals surface area (Å²) in [6, 6.07) is 8.41. The highest BCUT2D eigenvalue weighted by molar-refractivity contribution is 5.92. The molecular weight excluding hydrogens is 238 g/mol. The summed E-state index contributed by atoms with van der Waals surface area (Å²) in [6.07, 6.45) is 5.84. The quantitative estimate of drug-likeness (QED) is 0.722. The van der Waals surface area contributed by atoms with E-state index in [1.165, 1.54) is 5.69 Å². The smallest absolute Gasteiger partial charge is 0.115 e. The highest BCUT2D eigenvalue weighted by atomic mass is 15.2. The van der Waals surface area contributed by atoms with Gasteiger partial charge in [0.05, 0.1) is 23.1 Å². The Hall–Kier alpha value is -2.56. The van der Waals surface area contributed by atoms with E-state index in [-0.39, 0.29) is 0 Å². The molecule has 0 fully saturated rings. The number of aryl methyl sites for hydroxylation is 1. The van der Waals surface area contributed by atoms with Crippen molar-refractivity contribution >= 4 is 28.5 Å². The van der Waals surface area contributed by atoms with Crippen molar-refractivity contribution in [3.63, 3.8) is 0 Å². The van der Waals surface area contributed by atoms with Gasteiger partial charge in [0, 0.05) is 30.5 Å². The lowest BCUT2D eigenvalue weighted by Crippen LogP contribution is -2.21. The van der Waals surface area contributed by atoms with Crippen LogP contribution in [-0.4, -0.2) is 27.6 Å². The van der Waals surface area contributed by atoms with Crippen molar-refractivity contribution in [2.45, 2.75) is 0 Å². The molecule has 0 radical (unpaired) electrons. The van der Waals surface area contributed by atoms with Gasteiger partial charge in [-0.1, -0.05) is 0 Å². The second-order valence-electron chi connectivity index (χ2n) is 4.72. The number of benzene rings is 1. The zero-order valence-electron chi connectivity index (χ0n) is 10.5. The van der Waals surface area contributed by atoms with E-state index in [0.717, 1.165) is 22.3 Å². The van der Waals surface area contributed by atoms with Crippen LogP contribution in [-0.2, 0) is 7.05 Å². The normalized spacial score (nSPS) is 14.1. The SMILES string of the molecule is Cn1ccc2c1C=NCN2c1ccc2[nH]ncc2c1. The summed E-state index contributed by atoms with van der Waals surface area (Å²) in [6.45, 7) is 0.653. The topological polar surface area (TPSA) is 49.2 Å². The Labute approximate surface area is 110 Å². The van der Waals surface area contributed by atoms with Crippen molar-refractivity contribution in [2.75, 3.05) is 11.6 Å². The summed E-state index contributed by atoms with van der Waals surface area (Å²) < 4.78 is 2.08. The molecule has 1 N–H and O–H groups in total. The number of nitrogens with zero attached hydrogens (tertiary/aromatic N) is 4. The molecule has 1 aromatic carbocycles. The lowest BCUT2D eigenvalue weighted by molar-refractivity contribution is 0.893. The summed E-state index contributed by atoms with van der Waals surface area (Å²) in [5.41, 5.74) is 4.52. The lowest BCUT2D eigenvalue weighted by atomic mass is 10.2.